The molecule has 0 radical (unpaired) electrons. The molecule has 0 bridgehead atoms. The fourth-order valence-electron chi connectivity index (χ4n) is 4.69. The van der Waals surface area contributed by atoms with Crippen LogP contribution in [0.3, 0.4) is 0 Å². The predicted octanol–water partition coefficient (Wildman–Crippen LogP) is 2.76. The van der Waals surface area contributed by atoms with E-state index in [0.29, 0.717) is 31.0 Å². The summed E-state index contributed by atoms with van der Waals surface area (Å²) in [4.78, 5) is 15.6. The number of carbonyl (C=O) groups excluding carboxylic acids is 1. The van der Waals surface area contributed by atoms with E-state index in [1.54, 1.807) is 7.11 Å². The SMILES string of the molecule is COc1ccc2c(c1)CC(C(=O)Nc1ccc(-c3c[nH]nc3C)cc1OCCN1CCOCC1)NC2. The van der Waals surface area contributed by atoms with Crippen LogP contribution < -0.4 is 20.1 Å². The molecule has 9 nitrogen and oxygen atoms in total. The van der Waals surface area contributed by atoms with E-state index < -0.39 is 0 Å². The zero-order valence-corrected chi connectivity index (χ0v) is 20.8. The van der Waals surface area contributed by atoms with Gasteiger partial charge in [0.2, 0.25) is 5.91 Å². The Morgan fingerprint density at radius 2 is 2.06 bits per heavy atom. The normalized spacial score (nSPS) is 17.9. The van der Waals surface area contributed by atoms with Crippen LogP contribution in [0.25, 0.3) is 11.1 Å². The molecular weight excluding hydrogens is 458 g/mol. The number of hydrogen-bond donors (Lipinski definition) is 3. The second-order valence-corrected chi connectivity index (χ2v) is 9.16. The number of aromatic nitrogens is 2. The number of carbonyl (C=O) groups is 1. The number of amides is 1. The van der Waals surface area contributed by atoms with E-state index in [2.05, 4.69) is 25.7 Å². The molecule has 5 rings (SSSR count). The smallest absolute Gasteiger partial charge is 0.241 e. The number of nitrogens with one attached hydrogen (secondary N) is 3. The molecule has 3 N–H and O–H groups in total. The van der Waals surface area contributed by atoms with Gasteiger partial charge in [-0.3, -0.25) is 14.8 Å². The first-order chi connectivity index (χ1) is 17.6. The van der Waals surface area contributed by atoms with Crippen molar-refractivity contribution < 1.29 is 19.0 Å². The second kappa shape index (κ2) is 11.1. The second-order valence-electron chi connectivity index (χ2n) is 9.16. The Kier molecular flexibility index (Phi) is 7.50. The maximum absolute atomic E-state index is 13.3. The van der Waals surface area contributed by atoms with Gasteiger partial charge in [-0.2, -0.15) is 5.10 Å². The molecule has 0 spiro atoms. The Bertz CT molecular complexity index is 1200. The van der Waals surface area contributed by atoms with Crippen molar-refractivity contribution in [3.8, 4) is 22.6 Å². The molecule has 0 saturated carbocycles. The molecule has 1 saturated heterocycles. The lowest BCUT2D eigenvalue weighted by molar-refractivity contribution is -0.118. The molecular formula is C27H33N5O4. The molecule has 1 amide bonds. The van der Waals surface area contributed by atoms with E-state index in [1.165, 1.54) is 5.56 Å². The minimum Gasteiger partial charge on any atom is -0.497 e. The summed E-state index contributed by atoms with van der Waals surface area (Å²) in [5.74, 6) is 1.36. The average Bonchev–Trinajstić information content (AvgIpc) is 3.35. The van der Waals surface area contributed by atoms with Gasteiger partial charge < -0.3 is 24.8 Å². The summed E-state index contributed by atoms with van der Waals surface area (Å²) in [5.41, 5.74) is 5.87. The van der Waals surface area contributed by atoms with Gasteiger partial charge in [-0.15, -0.1) is 0 Å². The number of fused-ring (bicyclic) bond motifs is 1. The van der Waals surface area contributed by atoms with E-state index >= 15 is 0 Å². The summed E-state index contributed by atoms with van der Waals surface area (Å²) < 4.78 is 17.0. The first kappa shape index (κ1) is 24.3. The zero-order valence-electron chi connectivity index (χ0n) is 20.8. The molecule has 2 aromatic carbocycles. The van der Waals surface area contributed by atoms with Crippen molar-refractivity contribution in [2.24, 2.45) is 0 Å². The van der Waals surface area contributed by atoms with E-state index in [0.717, 1.165) is 61.0 Å². The number of methoxy groups -OCH3 is 1. The molecule has 1 atom stereocenters. The van der Waals surface area contributed by atoms with Crippen LogP contribution in [-0.4, -0.2) is 73.6 Å². The summed E-state index contributed by atoms with van der Waals surface area (Å²) in [5, 5.41) is 13.6. The van der Waals surface area contributed by atoms with E-state index in [-0.39, 0.29) is 11.9 Å². The van der Waals surface area contributed by atoms with Gasteiger partial charge in [0.1, 0.15) is 18.1 Å². The summed E-state index contributed by atoms with van der Waals surface area (Å²) in [6.07, 6.45) is 2.47. The van der Waals surface area contributed by atoms with Crippen molar-refractivity contribution in [1.29, 1.82) is 0 Å². The molecule has 36 heavy (non-hydrogen) atoms. The standard InChI is InChI=1S/C27H33N5O4/c1-18-23(17-29-31-18)19-4-6-24(26(15-19)36-12-9-32-7-10-35-11-8-32)30-27(33)25-14-21-13-22(34-2)5-3-20(21)16-28-25/h3-6,13,15,17,25,28H,7-12,14,16H2,1-2H3,(H,29,31)(H,30,33). The number of morpholine rings is 1. The van der Waals surface area contributed by atoms with Crippen molar-refractivity contribution in [1.82, 2.24) is 20.4 Å². The summed E-state index contributed by atoms with van der Waals surface area (Å²) in [6, 6.07) is 11.5. The number of benzene rings is 2. The van der Waals surface area contributed by atoms with E-state index in [1.807, 2.05) is 49.5 Å². The highest BCUT2D eigenvalue weighted by atomic mass is 16.5. The summed E-state index contributed by atoms with van der Waals surface area (Å²) in [7, 11) is 1.66. The van der Waals surface area contributed by atoms with Gasteiger partial charge in [0, 0.05) is 37.9 Å². The Balaban J connectivity index is 1.31. The Hall–Kier alpha value is -3.40. The van der Waals surface area contributed by atoms with Crippen LogP contribution in [-0.2, 0) is 22.5 Å². The molecule has 9 heteroatoms. The number of rotatable bonds is 8. The Labute approximate surface area is 211 Å². The molecule has 190 valence electrons. The topological polar surface area (TPSA) is 101 Å². The van der Waals surface area contributed by atoms with Crippen LogP contribution in [0.1, 0.15) is 16.8 Å². The maximum atomic E-state index is 13.3. The van der Waals surface area contributed by atoms with Crippen molar-refractivity contribution in [2.75, 3.05) is 51.9 Å². The first-order valence-electron chi connectivity index (χ1n) is 12.4. The lowest BCUT2D eigenvalue weighted by Crippen LogP contribution is -2.44. The third-order valence-electron chi connectivity index (χ3n) is 6.84. The van der Waals surface area contributed by atoms with Gasteiger partial charge in [-0.05, 0) is 54.3 Å². The molecule has 2 aliphatic rings. The largest absolute Gasteiger partial charge is 0.497 e. The lowest BCUT2D eigenvalue weighted by atomic mass is 9.95. The van der Waals surface area contributed by atoms with Crippen LogP contribution in [0.2, 0.25) is 0 Å². The minimum atomic E-state index is -0.346. The van der Waals surface area contributed by atoms with Crippen LogP contribution in [0.15, 0.2) is 42.6 Å². The molecule has 3 aromatic rings. The van der Waals surface area contributed by atoms with Crippen molar-refractivity contribution in [3.63, 3.8) is 0 Å². The molecule has 3 heterocycles. The van der Waals surface area contributed by atoms with Gasteiger partial charge in [0.15, 0.2) is 0 Å². The monoisotopic (exact) mass is 491 g/mol. The maximum Gasteiger partial charge on any atom is 0.241 e. The van der Waals surface area contributed by atoms with Gasteiger partial charge in [0.05, 0.1) is 37.7 Å². The van der Waals surface area contributed by atoms with Crippen molar-refractivity contribution >= 4 is 11.6 Å². The highest BCUT2D eigenvalue weighted by Crippen LogP contribution is 2.32. The summed E-state index contributed by atoms with van der Waals surface area (Å²) in [6.45, 7) is 7.22. The van der Waals surface area contributed by atoms with Gasteiger partial charge in [-0.1, -0.05) is 12.1 Å². The average molecular weight is 492 g/mol. The minimum absolute atomic E-state index is 0.0891. The number of H-pyrrole nitrogens is 1. The van der Waals surface area contributed by atoms with Gasteiger partial charge in [-0.25, -0.2) is 0 Å². The fraction of sp³-hybridized carbons (Fsp3) is 0.407. The van der Waals surface area contributed by atoms with E-state index in [9.17, 15) is 4.79 Å². The highest BCUT2D eigenvalue weighted by molar-refractivity contribution is 5.97. The highest BCUT2D eigenvalue weighted by Gasteiger charge is 2.25. The number of anilines is 1. The number of aromatic amines is 1. The van der Waals surface area contributed by atoms with Gasteiger partial charge in [0.25, 0.3) is 0 Å². The number of aryl methyl sites for hydroxylation is 1. The Morgan fingerprint density at radius 1 is 1.19 bits per heavy atom. The quantitative estimate of drug-likeness (QED) is 0.446. The predicted molar refractivity (Wildman–Crippen MR) is 137 cm³/mol. The molecule has 1 fully saturated rings. The third kappa shape index (κ3) is 5.53. The molecule has 1 aromatic heterocycles. The summed E-state index contributed by atoms with van der Waals surface area (Å²) >= 11 is 0. The fourth-order valence-corrected chi connectivity index (χ4v) is 4.69. The van der Waals surface area contributed by atoms with Crippen molar-refractivity contribution in [2.45, 2.75) is 25.9 Å². The Morgan fingerprint density at radius 3 is 2.83 bits per heavy atom. The zero-order chi connectivity index (χ0) is 24.9. The number of hydrogen-bond acceptors (Lipinski definition) is 7. The van der Waals surface area contributed by atoms with Crippen molar-refractivity contribution in [3.05, 3.63) is 59.4 Å². The molecule has 1 unspecified atom stereocenters. The van der Waals surface area contributed by atoms with Crippen LogP contribution in [0.5, 0.6) is 11.5 Å². The lowest BCUT2D eigenvalue weighted by Gasteiger charge is -2.27. The third-order valence-corrected chi connectivity index (χ3v) is 6.84. The van der Waals surface area contributed by atoms with E-state index in [4.69, 9.17) is 14.2 Å². The van der Waals surface area contributed by atoms with Crippen LogP contribution in [0.4, 0.5) is 5.69 Å². The molecule has 2 aliphatic heterocycles. The number of nitrogens with zero attached hydrogens (tertiary/aromatic N) is 2. The first-order valence-corrected chi connectivity index (χ1v) is 12.4. The van der Waals surface area contributed by atoms with Crippen LogP contribution >= 0.6 is 0 Å². The van der Waals surface area contributed by atoms with Crippen LogP contribution in [0, 0.1) is 6.92 Å². The van der Waals surface area contributed by atoms with Gasteiger partial charge >= 0.3 is 0 Å². The number of ether oxygens (including phenoxy) is 3. The molecule has 0 aliphatic carbocycles.